The van der Waals surface area contributed by atoms with Gasteiger partial charge in [-0.3, -0.25) is 14.9 Å². The summed E-state index contributed by atoms with van der Waals surface area (Å²) < 4.78 is 27.4. The SMILES string of the molecule is CC1(C)CCN(C(=O)c2cc(F)c([N+](=O)[O-])cc2F)CC1. The van der Waals surface area contributed by atoms with Crippen LogP contribution in [0.4, 0.5) is 14.5 Å². The summed E-state index contributed by atoms with van der Waals surface area (Å²) in [5, 5.41) is 10.5. The third-order valence-electron chi connectivity index (χ3n) is 3.87. The molecule has 0 atom stereocenters. The molecule has 1 aliphatic heterocycles. The van der Waals surface area contributed by atoms with Crippen LogP contribution in [0.2, 0.25) is 0 Å². The van der Waals surface area contributed by atoms with Gasteiger partial charge in [-0.25, -0.2) is 4.39 Å². The van der Waals surface area contributed by atoms with Gasteiger partial charge in [-0.1, -0.05) is 13.8 Å². The molecule has 1 amide bonds. The first-order chi connectivity index (χ1) is 9.71. The summed E-state index contributed by atoms with van der Waals surface area (Å²) >= 11 is 0. The summed E-state index contributed by atoms with van der Waals surface area (Å²) in [5.74, 6) is -2.91. The third-order valence-corrected chi connectivity index (χ3v) is 3.87. The van der Waals surface area contributed by atoms with Crippen LogP contribution in [0.3, 0.4) is 0 Å². The summed E-state index contributed by atoms with van der Waals surface area (Å²) in [6, 6.07) is 1.06. The molecule has 1 aromatic carbocycles. The van der Waals surface area contributed by atoms with Crippen molar-refractivity contribution in [2.24, 2.45) is 5.41 Å². The van der Waals surface area contributed by atoms with Crippen LogP contribution in [0.25, 0.3) is 0 Å². The van der Waals surface area contributed by atoms with E-state index in [0.29, 0.717) is 25.2 Å². The monoisotopic (exact) mass is 298 g/mol. The molecule has 1 heterocycles. The van der Waals surface area contributed by atoms with E-state index in [1.165, 1.54) is 4.90 Å². The number of benzene rings is 1. The van der Waals surface area contributed by atoms with Gasteiger partial charge in [0.25, 0.3) is 5.91 Å². The second kappa shape index (κ2) is 5.38. The number of rotatable bonds is 2. The fourth-order valence-electron chi connectivity index (χ4n) is 2.33. The molecule has 114 valence electrons. The van der Waals surface area contributed by atoms with Gasteiger partial charge in [0.05, 0.1) is 16.6 Å². The van der Waals surface area contributed by atoms with E-state index in [1.807, 2.05) is 0 Å². The number of nitrogens with zero attached hydrogens (tertiary/aromatic N) is 2. The van der Waals surface area contributed by atoms with E-state index in [-0.39, 0.29) is 5.41 Å². The molecule has 0 unspecified atom stereocenters. The molecule has 0 saturated carbocycles. The first kappa shape index (κ1) is 15.3. The Hall–Kier alpha value is -2.05. The summed E-state index contributed by atoms with van der Waals surface area (Å²) in [4.78, 5) is 23.2. The number of nitro groups is 1. The van der Waals surface area contributed by atoms with E-state index in [2.05, 4.69) is 13.8 Å². The van der Waals surface area contributed by atoms with Crippen molar-refractivity contribution >= 4 is 11.6 Å². The number of carbonyl (C=O) groups excluding carboxylic acids is 1. The molecule has 7 heteroatoms. The maximum absolute atomic E-state index is 13.8. The minimum atomic E-state index is -1.21. The fourth-order valence-corrected chi connectivity index (χ4v) is 2.33. The number of amides is 1. The van der Waals surface area contributed by atoms with E-state index >= 15 is 0 Å². The lowest BCUT2D eigenvalue weighted by Crippen LogP contribution is -2.41. The molecule has 5 nitrogen and oxygen atoms in total. The standard InChI is InChI=1S/C14H16F2N2O3/c1-14(2)3-5-17(6-4-14)13(19)9-7-11(16)12(18(20)21)8-10(9)15/h7-8H,3-6H2,1-2H3. The van der Waals surface area contributed by atoms with Gasteiger partial charge in [0.15, 0.2) is 0 Å². The molecule has 21 heavy (non-hydrogen) atoms. The highest BCUT2D eigenvalue weighted by Gasteiger charge is 2.30. The fraction of sp³-hybridized carbons (Fsp3) is 0.500. The van der Waals surface area contributed by atoms with Crippen molar-refractivity contribution in [1.82, 2.24) is 4.90 Å². The zero-order valence-electron chi connectivity index (χ0n) is 11.9. The summed E-state index contributed by atoms with van der Waals surface area (Å²) in [6.45, 7) is 5.09. The molecule has 2 rings (SSSR count). The van der Waals surface area contributed by atoms with Gasteiger partial charge in [0.2, 0.25) is 5.82 Å². The normalized spacial score (nSPS) is 17.6. The number of piperidine rings is 1. The highest BCUT2D eigenvalue weighted by Crippen LogP contribution is 2.31. The van der Waals surface area contributed by atoms with Crippen molar-refractivity contribution in [2.75, 3.05) is 13.1 Å². The molecule has 0 N–H and O–H groups in total. The largest absolute Gasteiger partial charge is 0.339 e. The molecule has 0 bridgehead atoms. The number of hydrogen-bond acceptors (Lipinski definition) is 3. The molecule has 1 aromatic rings. The van der Waals surface area contributed by atoms with E-state index in [1.54, 1.807) is 0 Å². The minimum absolute atomic E-state index is 0.121. The van der Waals surface area contributed by atoms with Crippen LogP contribution in [0.1, 0.15) is 37.0 Å². The number of hydrogen-bond donors (Lipinski definition) is 0. The predicted octanol–water partition coefficient (Wildman–Crippen LogP) is 3.14. The van der Waals surface area contributed by atoms with Crippen molar-refractivity contribution in [1.29, 1.82) is 0 Å². The highest BCUT2D eigenvalue weighted by molar-refractivity contribution is 5.94. The van der Waals surface area contributed by atoms with Gasteiger partial charge >= 0.3 is 5.69 Å². The Kier molecular flexibility index (Phi) is 3.93. The number of carbonyl (C=O) groups is 1. The Morgan fingerprint density at radius 1 is 1.24 bits per heavy atom. The minimum Gasteiger partial charge on any atom is -0.339 e. The molecular formula is C14H16F2N2O3. The summed E-state index contributed by atoms with van der Waals surface area (Å²) in [5.41, 5.74) is -1.31. The lowest BCUT2D eigenvalue weighted by molar-refractivity contribution is -0.387. The lowest BCUT2D eigenvalue weighted by Gasteiger charge is -2.36. The van der Waals surface area contributed by atoms with Crippen molar-refractivity contribution in [3.05, 3.63) is 39.4 Å². The van der Waals surface area contributed by atoms with Crippen molar-refractivity contribution in [3.63, 3.8) is 0 Å². The van der Waals surface area contributed by atoms with E-state index in [9.17, 15) is 23.7 Å². The molecule has 1 fully saturated rings. The first-order valence-electron chi connectivity index (χ1n) is 6.64. The predicted molar refractivity (Wildman–Crippen MR) is 71.9 cm³/mol. The summed E-state index contributed by atoms with van der Waals surface area (Å²) in [7, 11) is 0. The number of halogens is 2. The average Bonchev–Trinajstić information content (AvgIpc) is 2.40. The Morgan fingerprint density at radius 2 is 1.81 bits per heavy atom. The van der Waals surface area contributed by atoms with Gasteiger partial charge in [0, 0.05) is 13.1 Å². The zero-order valence-corrected chi connectivity index (χ0v) is 11.9. The van der Waals surface area contributed by atoms with Crippen LogP contribution in [0, 0.1) is 27.2 Å². The van der Waals surface area contributed by atoms with Crippen LogP contribution in [-0.2, 0) is 0 Å². The Morgan fingerprint density at radius 3 is 2.33 bits per heavy atom. The second-order valence-electron chi connectivity index (χ2n) is 6.00. The lowest BCUT2D eigenvalue weighted by atomic mass is 9.82. The summed E-state index contributed by atoms with van der Waals surface area (Å²) in [6.07, 6.45) is 1.55. The van der Waals surface area contributed by atoms with Gasteiger partial charge in [-0.15, -0.1) is 0 Å². The van der Waals surface area contributed by atoms with Crippen LogP contribution in [0.15, 0.2) is 12.1 Å². The van der Waals surface area contributed by atoms with Crippen LogP contribution in [0.5, 0.6) is 0 Å². The molecule has 1 saturated heterocycles. The van der Waals surface area contributed by atoms with E-state index in [0.717, 1.165) is 12.8 Å². The second-order valence-corrected chi connectivity index (χ2v) is 6.00. The van der Waals surface area contributed by atoms with E-state index < -0.39 is 33.7 Å². The molecule has 0 aromatic heterocycles. The number of likely N-dealkylation sites (tertiary alicyclic amines) is 1. The first-order valence-corrected chi connectivity index (χ1v) is 6.64. The Balaban J connectivity index is 2.24. The van der Waals surface area contributed by atoms with Gasteiger partial charge in [-0.05, 0) is 24.3 Å². The van der Waals surface area contributed by atoms with Crippen molar-refractivity contribution in [2.45, 2.75) is 26.7 Å². The van der Waals surface area contributed by atoms with Crippen LogP contribution >= 0.6 is 0 Å². The molecular weight excluding hydrogens is 282 g/mol. The zero-order chi connectivity index (χ0) is 15.8. The van der Waals surface area contributed by atoms with Crippen LogP contribution in [-0.4, -0.2) is 28.8 Å². The molecule has 0 aliphatic carbocycles. The average molecular weight is 298 g/mol. The number of nitro benzene ring substituents is 1. The van der Waals surface area contributed by atoms with Gasteiger partial charge in [-0.2, -0.15) is 4.39 Å². The third kappa shape index (κ3) is 3.17. The van der Waals surface area contributed by atoms with Gasteiger partial charge in [0.1, 0.15) is 5.82 Å². The molecule has 1 aliphatic rings. The van der Waals surface area contributed by atoms with Crippen molar-refractivity contribution in [3.8, 4) is 0 Å². The van der Waals surface area contributed by atoms with Crippen molar-refractivity contribution < 1.29 is 18.5 Å². The maximum Gasteiger partial charge on any atom is 0.307 e. The van der Waals surface area contributed by atoms with Crippen LogP contribution < -0.4 is 0 Å². The quantitative estimate of drug-likeness (QED) is 0.622. The highest BCUT2D eigenvalue weighted by atomic mass is 19.1. The Labute approximate surface area is 120 Å². The molecule has 0 radical (unpaired) electrons. The van der Waals surface area contributed by atoms with E-state index in [4.69, 9.17) is 0 Å². The maximum atomic E-state index is 13.8. The smallest absolute Gasteiger partial charge is 0.307 e. The topological polar surface area (TPSA) is 63.5 Å². The van der Waals surface area contributed by atoms with Gasteiger partial charge < -0.3 is 4.90 Å². The Bertz CT molecular complexity index is 592. The molecule has 0 spiro atoms.